The summed E-state index contributed by atoms with van der Waals surface area (Å²) in [7, 11) is 3.44. The molecule has 174 valence electrons. The van der Waals surface area contributed by atoms with Gasteiger partial charge in [-0.2, -0.15) is 0 Å². The van der Waals surface area contributed by atoms with E-state index < -0.39 is 12.1 Å². The Morgan fingerprint density at radius 1 is 1.31 bits per heavy atom. The van der Waals surface area contributed by atoms with Crippen molar-refractivity contribution in [3.05, 3.63) is 23.5 Å². The van der Waals surface area contributed by atoms with Gasteiger partial charge in [0.05, 0.1) is 23.4 Å². The van der Waals surface area contributed by atoms with Crippen LogP contribution in [-0.2, 0) is 23.2 Å². The Hall–Kier alpha value is -3.17. The van der Waals surface area contributed by atoms with Crippen LogP contribution in [0.3, 0.4) is 0 Å². The maximum Gasteiger partial charge on any atom is 0.409 e. The molecule has 1 aliphatic rings. The molecule has 2 atom stereocenters. The van der Waals surface area contributed by atoms with Crippen molar-refractivity contribution in [3.63, 3.8) is 0 Å². The van der Waals surface area contributed by atoms with Gasteiger partial charge < -0.3 is 19.5 Å². The molecule has 0 aliphatic heterocycles. The zero-order valence-electron chi connectivity index (χ0n) is 19.2. The number of aliphatic carboxylic acids is 1. The molecule has 2 aromatic rings. The lowest BCUT2D eigenvalue weighted by Gasteiger charge is -2.19. The van der Waals surface area contributed by atoms with Crippen LogP contribution in [0.5, 0.6) is 5.75 Å². The maximum atomic E-state index is 12.2. The van der Waals surface area contributed by atoms with E-state index in [1.165, 1.54) is 0 Å². The highest BCUT2D eigenvalue weighted by molar-refractivity contribution is 5.70. The fourth-order valence-corrected chi connectivity index (χ4v) is 3.86. The number of hydrogen-bond donors (Lipinski definition) is 1. The molecular formula is C22H31N5O5. The summed E-state index contributed by atoms with van der Waals surface area (Å²) in [6.45, 7) is 6.53. The summed E-state index contributed by atoms with van der Waals surface area (Å²) in [6.07, 6.45) is 1.30. The minimum absolute atomic E-state index is 0.0255. The SMILES string of the molecule is Cc1nc(-c2nnn(C)c2COC(=O)N(C)CC(C)C)ccc1OC1CC[C@H](C(=O)O)C1. The Kier molecular flexibility index (Phi) is 7.32. The zero-order chi connectivity index (χ0) is 23.4. The third kappa shape index (κ3) is 5.54. The number of aromatic nitrogens is 4. The second kappa shape index (κ2) is 9.97. The number of amides is 1. The summed E-state index contributed by atoms with van der Waals surface area (Å²) in [5.41, 5.74) is 2.44. The van der Waals surface area contributed by atoms with Gasteiger partial charge in [-0.15, -0.1) is 5.10 Å². The Balaban J connectivity index is 1.69. The first-order valence-electron chi connectivity index (χ1n) is 10.8. The molecule has 1 unspecified atom stereocenters. The molecule has 1 N–H and O–H groups in total. The van der Waals surface area contributed by atoms with Crippen molar-refractivity contribution in [2.45, 2.75) is 52.7 Å². The third-order valence-corrected chi connectivity index (χ3v) is 5.53. The molecule has 0 spiro atoms. The molecule has 0 radical (unpaired) electrons. The van der Waals surface area contributed by atoms with Gasteiger partial charge in [0.15, 0.2) is 0 Å². The van der Waals surface area contributed by atoms with E-state index in [0.717, 1.165) is 0 Å². The molecule has 0 aromatic carbocycles. The average Bonchev–Trinajstić information content (AvgIpc) is 3.34. The summed E-state index contributed by atoms with van der Waals surface area (Å²) in [5.74, 6) is -0.157. The molecule has 1 fully saturated rings. The van der Waals surface area contributed by atoms with E-state index >= 15 is 0 Å². The van der Waals surface area contributed by atoms with Gasteiger partial charge in [-0.05, 0) is 44.2 Å². The summed E-state index contributed by atoms with van der Waals surface area (Å²) in [6, 6.07) is 3.60. The highest BCUT2D eigenvalue weighted by Crippen LogP contribution is 2.31. The summed E-state index contributed by atoms with van der Waals surface area (Å²) < 4.78 is 13.0. The Morgan fingerprint density at radius 3 is 2.69 bits per heavy atom. The van der Waals surface area contributed by atoms with Gasteiger partial charge in [0, 0.05) is 20.6 Å². The fourth-order valence-electron chi connectivity index (χ4n) is 3.86. The minimum atomic E-state index is -0.771. The van der Waals surface area contributed by atoms with Crippen LogP contribution in [0.1, 0.15) is 44.5 Å². The van der Waals surface area contributed by atoms with Gasteiger partial charge in [-0.25, -0.2) is 14.5 Å². The van der Waals surface area contributed by atoms with E-state index in [9.17, 15) is 14.7 Å². The van der Waals surface area contributed by atoms with Gasteiger partial charge in [0.1, 0.15) is 23.7 Å². The standard InChI is InChI=1S/C22H31N5O5/c1-13(2)11-26(4)22(30)31-12-18-20(24-25-27(18)5)17-8-9-19(14(3)23-17)32-16-7-6-15(10-16)21(28)29/h8-9,13,15-16H,6-7,10-12H2,1-5H3,(H,28,29)/t15-,16?/m0/s1. The number of nitrogens with zero attached hydrogens (tertiary/aromatic N) is 5. The number of pyridine rings is 1. The number of carboxylic acids is 1. The predicted molar refractivity (Wildman–Crippen MR) is 116 cm³/mol. The lowest BCUT2D eigenvalue weighted by atomic mass is 10.1. The van der Waals surface area contributed by atoms with Gasteiger partial charge in [0.25, 0.3) is 0 Å². The van der Waals surface area contributed by atoms with Crippen LogP contribution in [-0.4, -0.2) is 61.7 Å². The molecule has 0 saturated heterocycles. The molecule has 1 amide bonds. The second-order valence-corrected chi connectivity index (χ2v) is 8.71. The van der Waals surface area contributed by atoms with Crippen molar-refractivity contribution in [1.82, 2.24) is 24.9 Å². The number of rotatable bonds is 8. The average molecular weight is 446 g/mol. The van der Waals surface area contributed by atoms with Crippen molar-refractivity contribution >= 4 is 12.1 Å². The first kappa shape index (κ1) is 23.5. The predicted octanol–water partition coefficient (Wildman–Crippen LogP) is 3.04. The fraction of sp³-hybridized carbons (Fsp3) is 0.591. The van der Waals surface area contributed by atoms with E-state index in [0.29, 0.717) is 60.3 Å². The zero-order valence-corrected chi connectivity index (χ0v) is 19.2. The highest BCUT2D eigenvalue weighted by atomic mass is 16.6. The Morgan fingerprint density at radius 2 is 2.06 bits per heavy atom. The Bertz CT molecular complexity index is 974. The van der Waals surface area contributed by atoms with E-state index in [1.807, 2.05) is 26.8 Å². The topological polar surface area (TPSA) is 120 Å². The van der Waals surface area contributed by atoms with Crippen LogP contribution in [0, 0.1) is 18.8 Å². The number of aryl methyl sites for hydroxylation is 2. The van der Waals surface area contributed by atoms with Crippen molar-refractivity contribution in [2.75, 3.05) is 13.6 Å². The van der Waals surface area contributed by atoms with Gasteiger partial charge in [0.2, 0.25) is 0 Å². The lowest BCUT2D eigenvalue weighted by Crippen LogP contribution is -2.30. The summed E-state index contributed by atoms with van der Waals surface area (Å²) in [4.78, 5) is 29.6. The quantitative estimate of drug-likeness (QED) is 0.658. The molecule has 10 nitrogen and oxygen atoms in total. The molecule has 2 aromatic heterocycles. The number of ether oxygens (including phenoxy) is 2. The smallest absolute Gasteiger partial charge is 0.409 e. The summed E-state index contributed by atoms with van der Waals surface area (Å²) in [5, 5.41) is 17.4. The molecule has 3 rings (SSSR count). The molecule has 1 aliphatic carbocycles. The molecule has 1 saturated carbocycles. The van der Waals surface area contributed by atoms with Crippen molar-refractivity contribution in [3.8, 4) is 17.1 Å². The maximum absolute atomic E-state index is 12.2. The number of carbonyl (C=O) groups is 2. The van der Waals surface area contributed by atoms with Crippen LogP contribution in [0.25, 0.3) is 11.4 Å². The van der Waals surface area contributed by atoms with Crippen molar-refractivity contribution in [1.29, 1.82) is 0 Å². The van der Waals surface area contributed by atoms with Crippen molar-refractivity contribution in [2.24, 2.45) is 18.9 Å². The van der Waals surface area contributed by atoms with Crippen molar-refractivity contribution < 1.29 is 24.2 Å². The number of carbonyl (C=O) groups excluding carboxylic acids is 1. The number of hydrogen-bond acceptors (Lipinski definition) is 7. The van der Waals surface area contributed by atoms with E-state index in [1.54, 1.807) is 29.7 Å². The molecule has 2 heterocycles. The van der Waals surface area contributed by atoms with Crippen LogP contribution in [0.2, 0.25) is 0 Å². The van der Waals surface area contributed by atoms with Crippen LogP contribution in [0.4, 0.5) is 4.79 Å². The van der Waals surface area contributed by atoms with E-state index in [4.69, 9.17) is 9.47 Å². The largest absolute Gasteiger partial charge is 0.489 e. The van der Waals surface area contributed by atoms with Gasteiger partial charge in [-0.3, -0.25) is 4.79 Å². The molecular weight excluding hydrogens is 414 g/mol. The minimum Gasteiger partial charge on any atom is -0.489 e. The molecule has 32 heavy (non-hydrogen) atoms. The van der Waals surface area contributed by atoms with E-state index in [-0.39, 0.29) is 18.6 Å². The lowest BCUT2D eigenvalue weighted by molar-refractivity contribution is -0.141. The third-order valence-electron chi connectivity index (χ3n) is 5.53. The molecule has 0 bridgehead atoms. The number of carboxylic acid groups (broad SMARTS) is 1. The van der Waals surface area contributed by atoms with Gasteiger partial charge in [-0.1, -0.05) is 19.1 Å². The monoisotopic (exact) mass is 445 g/mol. The molecule has 10 heteroatoms. The normalized spacial score (nSPS) is 18.1. The second-order valence-electron chi connectivity index (χ2n) is 8.71. The summed E-state index contributed by atoms with van der Waals surface area (Å²) >= 11 is 0. The van der Waals surface area contributed by atoms with Crippen LogP contribution >= 0.6 is 0 Å². The Labute approximate surface area is 187 Å². The van der Waals surface area contributed by atoms with Crippen LogP contribution in [0.15, 0.2) is 12.1 Å². The van der Waals surface area contributed by atoms with E-state index in [2.05, 4.69) is 15.3 Å². The van der Waals surface area contributed by atoms with Gasteiger partial charge >= 0.3 is 12.1 Å². The first-order valence-corrected chi connectivity index (χ1v) is 10.8. The first-order chi connectivity index (χ1) is 15.2. The highest BCUT2D eigenvalue weighted by Gasteiger charge is 2.31. The van der Waals surface area contributed by atoms with Crippen LogP contribution < -0.4 is 4.74 Å².